The summed E-state index contributed by atoms with van der Waals surface area (Å²) in [6.07, 6.45) is 15.8. The molecule has 1 heteroatoms. The Kier molecular flexibility index (Phi) is 4.44. The Balaban J connectivity index is 2.07. The number of allylic oxidation sites excluding steroid dienone is 8. The lowest BCUT2D eigenvalue weighted by molar-refractivity contribution is 0.394. The highest BCUT2D eigenvalue weighted by Gasteiger charge is 2.44. The smallest absolute Gasteiger partial charge is 0.0179 e. The van der Waals surface area contributed by atoms with Crippen molar-refractivity contribution in [1.29, 1.82) is 0 Å². The van der Waals surface area contributed by atoms with Gasteiger partial charge in [-0.1, -0.05) is 97.2 Å². The van der Waals surface area contributed by atoms with Crippen LogP contribution in [0.4, 0.5) is 0 Å². The largest absolute Gasteiger partial charge is 0.0818 e. The Morgan fingerprint density at radius 2 is 2.00 bits per heavy atom. The minimum Gasteiger partial charge on any atom is -0.0818 e. The highest BCUT2D eigenvalue weighted by atomic mass is 127. The molecule has 1 aromatic carbocycles. The average Bonchev–Trinajstić information content (AvgIpc) is 2.77. The summed E-state index contributed by atoms with van der Waals surface area (Å²) in [5, 5.41) is 0. The van der Waals surface area contributed by atoms with Gasteiger partial charge in [-0.15, -0.1) is 0 Å². The van der Waals surface area contributed by atoms with Crippen molar-refractivity contribution in [2.24, 2.45) is 5.92 Å². The molecular weight excluding hydrogens is 379 g/mol. The van der Waals surface area contributed by atoms with Crippen LogP contribution in [0.25, 0.3) is 5.57 Å². The first-order valence-electron chi connectivity index (χ1n) is 7.98. The maximum absolute atomic E-state index is 2.42. The Hall–Kier alpha value is -1.09. The molecule has 2 atom stereocenters. The average molecular weight is 402 g/mol. The van der Waals surface area contributed by atoms with E-state index in [1.807, 2.05) is 0 Å². The third-order valence-corrected chi connectivity index (χ3v) is 5.61. The van der Waals surface area contributed by atoms with E-state index in [1.54, 1.807) is 0 Å². The van der Waals surface area contributed by atoms with E-state index in [2.05, 4.69) is 104 Å². The maximum Gasteiger partial charge on any atom is 0.0179 e. The third kappa shape index (κ3) is 2.54. The Labute approximate surface area is 147 Å². The number of fused-ring (bicyclic) bond motifs is 3. The van der Waals surface area contributed by atoms with Crippen LogP contribution in [0.2, 0.25) is 0 Å². The molecule has 0 amide bonds. The van der Waals surface area contributed by atoms with Crippen LogP contribution >= 0.6 is 22.6 Å². The monoisotopic (exact) mass is 402 g/mol. The number of hydrogen-bond donors (Lipinski definition) is 0. The van der Waals surface area contributed by atoms with Gasteiger partial charge in [0, 0.05) is 10.3 Å². The van der Waals surface area contributed by atoms with E-state index in [1.165, 1.54) is 22.3 Å². The first-order chi connectivity index (χ1) is 10.6. The van der Waals surface area contributed by atoms with Crippen LogP contribution in [-0.2, 0) is 5.41 Å². The molecule has 22 heavy (non-hydrogen) atoms. The predicted octanol–water partition coefficient (Wildman–Crippen LogP) is 6.20. The molecule has 114 valence electrons. The number of benzene rings is 1. The molecule has 0 bridgehead atoms. The fourth-order valence-corrected chi connectivity index (χ4v) is 4.14. The fourth-order valence-electron chi connectivity index (χ4n) is 3.89. The molecule has 0 saturated heterocycles. The van der Waals surface area contributed by atoms with Gasteiger partial charge in [0.15, 0.2) is 0 Å². The molecule has 2 unspecified atom stereocenters. The molecule has 0 N–H and O–H groups in total. The predicted molar refractivity (Wildman–Crippen MR) is 106 cm³/mol. The first kappa shape index (κ1) is 15.8. The van der Waals surface area contributed by atoms with Crippen molar-refractivity contribution < 1.29 is 0 Å². The van der Waals surface area contributed by atoms with Gasteiger partial charge in [-0.25, -0.2) is 0 Å². The lowest BCUT2D eigenvalue weighted by Crippen LogP contribution is -2.24. The van der Waals surface area contributed by atoms with Gasteiger partial charge in [-0.2, -0.15) is 0 Å². The zero-order valence-electron chi connectivity index (χ0n) is 13.5. The van der Waals surface area contributed by atoms with E-state index < -0.39 is 0 Å². The Morgan fingerprint density at radius 1 is 1.23 bits per heavy atom. The fraction of sp³-hybridized carbons (Fsp3) is 0.333. The zero-order valence-corrected chi connectivity index (χ0v) is 15.7. The summed E-state index contributed by atoms with van der Waals surface area (Å²) in [5.41, 5.74) is 5.87. The van der Waals surface area contributed by atoms with Gasteiger partial charge < -0.3 is 0 Å². The van der Waals surface area contributed by atoms with Crippen molar-refractivity contribution in [2.45, 2.75) is 32.1 Å². The molecule has 3 rings (SSSR count). The molecule has 0 saturated carbocycles. The van der Waals surface area contributed by atoms with Crippen LogP contribution in [0.15, 0.2) is 60.7 Å². The van der Waals surface area contributed by atoms with Crippen LogP contribution in [0, 0.1) is 5.92 Å². The van der Waals surface area contributed by atoms with E-state index in [0.29, 0.717) is 11.8 Å². The third-order valence-electron chi connectivity index (χ3n) is 5.11. The summed E-state index contributed by atoms with van der Waals surface area (Å²) in [6.45, 7) is 6.90. The van der Waals surface area contributed by atoms with Crippen molar-refractivity contribution >= 4 is 28.2 Å². The van der Waals surface area contributed by atoms with Gasteiger partial charge in [0.2, 0.25) is 0 Å². The number of hydrogen-bond acceptors (Lipinski definition) is 0. The quantitative estimate of drug-likeness (QED) is 0.321. The number of halogens is 1. The minimum atomic E-state index is 0.198. The van der Waals surface area contributed by atoms with Crippen LogP contribution in [-0.4, -0.2) is 4.43 Å². The van der Waals surface area contributed by atoms with E-state index >= 15 is 0 Å². The molecule has 2 aliphatic rings. The first-order valence-corrected chi connectivity index (χ1v) is 9.50. The molecule has 0 heterocycles. The minimum absolute atomic E-state index is 0.198. The second-order valence-electron chi connectivity index (χ2n) is 6.65. The van der Waals surface area contributed by atoms with Gasteiger partial charge in [0.25, 0.3) is 0 Å². The van der Waals surface area contributed by atoms with Crippen LogP contribution in [0.1, 0.15) is 43.4 Å². The van der Waals surface area contributed by atoms with Gasteiger partial charge in [0.05, 0.1) is 0 Å². The van der Waals surface area contributed by atoms with Gasteiger partial charge >= 0.3 is 0 Å². The zero-order chi connectivity index (χ0) is 15.7. The molecule has 0 radical (unpaired) electrons. The normalized spacial score (nSPS) is 25.5. The van der Waals surface area contributed by atoms with Gasteiger partial charge in [-0.3, -0.25) is 0 Å². The summed E-state index contributed by atoms with van der Waals surface area (Å²) in [6, 6.07) is 7.06. The van der Waals surface area contributed by atoms with E-state index in [9.17, 15) is 0 Å². The van der Waals surface area contributed by atoms with E-state index in [0.717, 1.165) is 4.43 Å². The number of rotatable bonds is 3. The maximum atomic E-state index is 2.42. The topological polar surface area (TPSA) is 0 Å². The van der Waals surface area contributed by atoms with Crippen molar-refractivity contribution in [3.05, 3.63) is 77.4 Å². The molecular formula is C21H23I. The summed E-state index contributed by atoms with van der Waals surface area (Å²) >= 11 is 2.38. The lowest BCUT2D eigenvalue weighted by atomic mass is 9.74. The SMILES string of the molecule is C/C=C(\C=C/CI)c1ccc2c(c1)C(C)(C)C1C=CC=CC21. The molecule has 0 nitrogen and oxygen atoms in total. The Bertz CT molecular complexity index is 686. The van der Waals surface area contributed by atoms with Crippen LogP contribution in [0.5, 0.6) is 0 Å². The summed E-state index contributed by atoms with van der Waals surface area (Å²) in [5.74, 6) is 1.13. The summed E-state index contributed by atoms with van der Waals surface area (Å²) in [7, 11) is 0. The van der Waals surface area contributed by atoms with Gasteiger partial charge in [-0.05, 0) is 40.5 Å². The highest BCUT2D eigenvalue weighted by Crippen LogP contribution is 2.53. The molecule has 2 aliphatic carbocycles. The van der Waals surface area contributed by atoms with Crippen molar-refractivity contribution in [2.75, 3.05) is 4.43 Å². The van der Waals surface area contributed by atoms with Gasteiger partial charge in [0.1, 0.15) is 0 Å². The van der Waals surface area contributed by atoms with E-state index in [4.69, 9.17) is 0 Å². The summed E-state index contributed by atoms with van der Waals surface area (Å²) < 4.78 is 1.05. The lowest BCUT2D eigenvalue weighted by Gasteiger charge is -2.29. The summed E-state index contributed by atoms with van der Waals surface area (Å²) in [4.78, 5) is 0. The van der Waals surface area contributed by atoms with Crippen molar-refractivity contribution in [1.82, 2.24) is 0 Å². The van der Waals surface area contributed by atoms with Crippen LogP contribution < -0.4 is 0 Å². The Morgan fingerprint density at radius 3 is 2.73 bits per heavy atom. The molecule has 0 spiro atoms. The second kappa shape index (κ2) is 6.19. The molecule has 0 fully saturated rings. The second-order valence-corrected chi connectivity index (χ2v) is 7.53. The van der Waals surface area contributed by atoms with Crippen molar-refractivity contribution in [3.8, 4) is 0 Å². The van der Waals surface area contributed by atoms with E-state index in [-0.39, 0.29) is 5.41 Å². The van der Waals surface area contributed by atoms with Crippen LogP contribution in [0.3, 0.4) is 0 Å². The van der Waals surface area contributed by atoms with Crippen molar-refractivity contribution in [3.63, 3.8) is 0 Å². The molecule has 1 aromatic rings. The molecule has 0 aromatic heterocycles. The highest BCUT2D eigenvalue weighted by molar-refractivity contribution is 14.1. The standard InChI is InChI=1S/C21H23I/c1-4-15(8-7-13-22)16-11-12-18-17-9-5-6-10-19(17)21(2,3)20(18)14-16/h4-12,14,17,19H,13H2,1-3H3/b8-7-,15-4+. The number of alkyl halides is 1. The molecule has 0 aliphatic heterocycles.